The number of para-hydroxylation sites is 1. The average molecular weight is 390 g/mol. The van der Waals surface area contributed by atoms with Crippen molar-refractivity contribution in [2.24, 2.45) is 0 Å². The number of nitrogens with zero attached hydrogens (tertiary/aromatic N) is 2. The Bertz CT molecular complexity index is 1580. The van der Waals surface area contributed by atoms with Crippen molar-refractivity contribution in [2.45, 2.75) is 38.1 Å². The molecule has 27 heavy (non-hydrogen) atoms. The maximum absolute atomic E-state index is 14.4. The summed E-state index contributed by atoms with van der Waals surface area (Å²) in [6.07, 6.45) is -13.7. The van der Waals surface area contributed by atoms with Gasteiger partial charge in [-0.3, -0.25) is 9.69 Å². The monoisotopic (exact) mass is 389 g/mol. The molecule has 144 valence electrons. The summed E-state index contributed by atoms with van der Waals surface area (Å²) < 4.78 is 198. The minimum Gasteiger partial charge on any atom is -0.382 e. The van der Waals surface area contributed by atoms with Gasteiger partial charge in [0.15, 0.2) is 0 Å². The number of carbonyl (C=O) groups excluding carboxylic acids is 1. The molecule has 2 aromatic carbocycles. The number of likely N-dealkylation sites (tertiary alicyclic amines) is 1. The van der Waals surface area contributed by atoms with Gasteiger partial charge in [0.25, 0.3) is 0 Å². The molecule has 1 aliphatic rings. The first-order chi connectivity index (χ1) is 22.1. The first-order valence-electron chi connectivity index (χ1n) is 19.1. The lowest BCUT2D eigenvalue weighted by Gasteiger charge is -2.48. The number of anilines is 1. The Labute approximate surface area is 195 Å². The van der Waals surface area contributed by atoms with Crippen LogP contribution in [-0.2, 0) is 16.1 Å². The molecule has 1 aliphatic heterocycles. The van der Waals surface area contributed by atoms with Crippen molar-refractivity contribution in [2.75, 3.05) is 31.5 Å². The minimum atomic E-state index is -4.95. The zero-order valence-electron chi connectivity index (χ0n) is 36.8. The molecule has 3 rings (SSSR count). The number of rotatable bonds is 7. The van der Waals surface area contributed by atoms with Gasteiger partial charge in [-0.1, -0.05) is 55.3 Å². The molecule has 1 saturated heterocycles. The standard InChI is InChI=1S/C23H30N2O2/c1-3-22(26)25(21-12-8-5-9-13-21)23(19-27-2)14-16-24(17-15-23)18-20-10-6-4-7-11-20/h4-13H,3,14-19H2,1-2H3/i1D3,2D3,3D2,5D,8D,9D,12D,13D,14D2,15D2,16D2,17D2,19D2. The van der Waals surface area contributed by atoms with Crippen LogP contribution in [0.4, 0.5) is 5.69 Å². The maximum atomic E-state index is 14.4. The number of carbonyl (C=O) groups is 1. The number of hydrogen-bond acceptors (Lipinski definition) is 3. The highest BCUT2D eigenvalue weighted by Crippen LogP contribution is 2.34. The van der Waals surface area contributed by atoms with Gasteiger partial charge in [0.1, 0.15) is 0 Å². The van der Waals surface area contributed by atoms with Crippen LogP contribution in [0.25, 0.3) is 0 Å². The highest BCUT2D eigenvalue weighted by atomic mass is 16.5. The third-order valence-corrected chi connectivity index (χ3v) is 3.48. The Morgan fingerprint density at radius 1 is 1.30 bits per heavy atom. The molecule has 4 heteroatoms. The van der Waals surface area contributed by atoms with E-state index >= 15 is 0 Å². The first-order valence-corrected chi connectivity index (χ1v) is 7.56. The average Bonchev–Trinajstić information content (AvgIpc) is 2.94. The summed E-state index contributed by atoms with van der Waals surface area (Å²) in [6, 6.07) is -0.442. The van der Waals surface area contributed by atoms with Gasteiger partial charge in [-0.25, -0.2) is 0 Å². The lowest BCUT2D eigenvalue weighted by molar-refractivity contribution is -0.120. The maximum Gasteiger partial charge on any atom is 0.227 e. The zero-order chi connectivity index (χ0) is 39.2. The number of benzene rings is 2. The summed E-state index contributed by atoms with van der Waals surface area (Å²) in [6.45, 7) is -18.2. The molecule has 1 heterocycles. The molecule has 0 aliphatic carbocycles. The van der Waals surface area contributed by atoms with Gasteiger partial charge in [0.05, 0.1) is 25.8 Å². The second-order valence-electron chi connectivity index (χ2n) is 5.20. The molecule has 0 N–H and O–H groups in total. The van der Waals surface area contributed by atoms with Gasteiger partial charge in [-0.05, 0) is 30.4 Å². The lowest BCUT2D eigenvalue weighted by Crippen LogP contribution is -2.60. The molecule has 0 spiro atoms. The van der Waals surface area contributed by atoms with Crippen LogP contribution in [0.5, 0.6) is 0 Å². The molecular weight excluding hydrogens is 336 g/mol. The van der Waals surface area contributed by atoms with Gasteiger partial charge in [-0.15, -0.1) is 0 Å². The van der Waals surface area contributed by atoms with Crippen molar-refractivity contribution >= 4 is 11.6 Å². The van der Waals surface area contributed by atoms with Crippen LogP contribution < -0.4 is 4.90 Å². The molecule has 2 aromatic rings. The zero-order valence-corrected chi connectivity index (χ0v) is 13.8. The predicted molar refractivity (Wildman–Crippen MR) is 110 cm³/mol. The van der Waals surface area contributed by atoms with E-state index in [9.17, 15) is 10.3 Å². The molecule has 1 fully saturated rings. The van der Waals surface area contributed by atoms with Gasteiger partial charge in [0, 0.05) is 56.5 Å². The third-order valence-electron chi connectivity index (χ3n) is 3.48. The Hall–Kier alpha value is -2.17. The van der Waals surface area contributed by atoms with E-state index in [0.717, 1.165) is 0 Å². The number of piperidine rings is 1. The number of ether oxygens (including phenoxy) is 1. The van der Waals surface area contributed by atoms with Crippen molar-refractivity contribution in [1.29, 1.82) is 0 Å². The summed E-state index contributed by atoms with van der Waals surface area (Å²) in [7, 11) is -4.08. The fourth-order valence-corrected chi connectivity index (χ4v) is 2.32. The SMILES string of the molecule is [2H]c1c([2H])c([2H])c(N(C(=O)C([2H])([2H])C([2H])([2H])[2H])C2(C([2H])([2H])OC([2H])([2H])[2H])C([2H])([2H])C([2H])([2H])N(Cc3ccccc3)C([2H])([2H])C2([2H])[2H])c([2H])c1[2H]. The van der Waals surface area contributed by atoms with Gasteiger partial charge in [-0.2, -0.15) is 0 Å². The Morgan fingerprint density at radius 2 is 2.04 bits per heavy atom. The quantitative estimate of drug-likeness (QED) is 0.714. The first kappa shape index (κ1) is 5.68. The molecule has 1 amide bonds. The number of amides is 1. The van der Waals surface area contributed by atoms with E-state index in [0.29, 0.717) is 0 Å². The van der Waals surface area contributed by atoms with Crippen LogP contribution in [0.1, 0.15) is 63.1 Å². The van der Waals surface area contributed by atoms with E-state index in [1.54, 1.807) is 0 Å². The Balaban J connectivity index is 2.80. The number of hydrogen-bond donors (Lipinski definition) is 0. The van der Waals surface area contributed by atoms with E-state index in [4.69, 9.17) is 26.0 Å². The van der Waals surface area contributed by atoms with Gasteiger partial charge >= 0.3 is 0 Å². The molecule has 4 nitrogen and oxygen atoms in total. The third kappa shape index (κ3) is 4.57. The summed E-state index contributed by atoms with van der Waals surface area (Å²) in [5.41, 5.74) is -6.77. The highest BCUT2D eigenvalue weighted by molar-refractivity contribution is 5.94. The largest absolute Gasteiger partial charge is 0.382 e. The van der Waals surface area contributed by atoms with Crippen molar-refractivity contribution < 1.29 is 41.1 Å². The van der Waals surface area contributed by atoms with Gasteiger partial charge in [0.2, 0.25) is 5.91 Å². The topological polar surface area (TPSA) is 32.8 Å². The second kappa shape index (κ2) is 9.16. The van der Waals surface area contributed by atoms with E-state index in [1.165, 1.54) is 30.3 Å². The van der Waals surface area contributed by atoms with Crippen molar-refractivity contribution in [1.82, 2.24) is 4.90 Å². The highest BCUT2D eigenvalue weighted by Gasteiger charge is 2.42. The molecule has 0 saturated carbocycles. The fourth-order valence-electron chi connectivity index (χ4n) is 2.32. The lowest BCUT2D eigenvalue weighted by atomic mass is 9.85. The molecule has 0 atom stereocenters. The predicted octanol–water partition coefficient (Wildman–Crippen LogP) is 4.11. The second-order valence-corrected chi connectivity index (χ2v) is 5.20. The van der Waals surface area contributed by atoms with Crippen LogP contribution in [0, 0.1) is 0 Å². The normalized spacial score (nSPS) is 38.7. The van der Waals surface area contributed by atoms with E-state index < -0.39 is 111 Å². The van der Waals surface area contributed by atoms with E-state index in [2.05, 4.69) is 4.74 Å². The van der Waals surface area contributed by atoms with E-state index in [-0.39, 0.29) is 10.5 Å². The minimum absolute atomic E-state index is 0.0263. The molecular formula is C23H30N2O2. The molecule has 0 unspecified atom stereocenters. The summed E-state index contributed by atoms with van der Waals surface area (Å²) in [4.78, 5) is 13.4. The van der Waals surface area contributed by atoms with Crippen LogP contribution in [0.15, 0.2) is 60.5 Å². The summed E-state index contributed by atoms with van der Waals surface area (Å²) in [5.74, 6) is -2.79. The van der Waals surface area contributed by atoms with Crippen LogP contribution in [0.3, 0.4) is 0 Å². The Kier molecular flexibility index (Phi) is 1.93. The smallest absolute Gasteiger partial charge is 0.227 e. The molecule has 0 bridgehead atoms. The summed E-state index contributed by atoms with van der Waals surface area (Å²) in [5, 5.41) is 0. The van der Waals surface area contributed by atoms with E-state index in [1.807, 2.05) is 0 Å². The number of methoxy groups -OCH3 is 1. The van der Waals surface area contributed by atoms with Gasteiger partial charge < -0.3 is 9.64 Å². The van der Waals surface area contributed by atoms with Crippen molar-refractivity contribution in [3.05, 3.63) is 66.1 Å². The fraction of sp³-hybridized carbons (Fsp3) is 0.435. The van der Waals surface area contributed by atoms with Crippen molar-refractivity contribution in [3.63, 3.8) is 0 Å². The van der Waals surface area contributed by atoms with Crippen molar-refractivity contribution in [3.8, 4) is 0 Å². The van der Waals surface area contributed by atoms with Crippen LogP contribution >= 0.6 is 0 Å². The van der Waals surface area contributed by atoms with Crippen LogP contribution in [0.2, 0.25) is 0 Å². The summed E-state index contributed by atoms with van der Waals surface area (Å²) >= 11 is 0. The molecule has 0 radical (unpaired) electrons. The molecule has 0 aromatic heterocycles. The van der Waals surface area contributed by atoms with Crippen LogP contribution in [-0.4, -0.2) is 42.9 Å². The Morgan fingerprint density at radius 3 is 2.70 bits per heavy atom.